The molecule has 148 valence electrons. The van der Waals surface area contributed by atoms with Crippen LogP contribution in [-0.4, -0.2) is 31.3 Å². The molecule has 1 saturated carbocycles. The van der Waals surface area contributed by atoms with E-state index in [4.69, 9.17) is 14.2 Å². The second kappa shape index (κ2) is 10.3. The summed E-state index contributed by atoms with van der Waals surface area (Å²) in [7, 11) is 0. The van der Waals surface area contributed by atoms with E-state index >= 15 is 0 Å². The molecule has 1 aliphatic carbocycles. The smallest absolute Gasteiger partial charge is 0.330 e. The zero-order valence-electron chi connectivity index (χ0n) is 16.5. The van der Waals surface area contributed by atoms with Crippen LogP contribution in [0.25, 0.3) is 0 Å². The van der Waals surface area contributed by atoms with Crippen molar-refractivity contribution in [1.29, 1.82) is 0 Å². The minimum Gasteiger partial charge on any atom is -0.465 e. The summed E-state index contributed by atoms with van der Waals surface area (Å²) >= 11 is 0. The summed E-state index contributed by atoms with van der Waals surface area (Å²) in [6.07, 6.45) is 4.77. The van der Waals surface area contributed by atoms with E-state index in [1.165, 1.54) is 6.08 Å². The number of rotatable bonds is 10. The molecule has 0 bridgehead atoms. The van der Waals surface area contributed by atoms with Crippen LogP contribution in [-0.2, 0) is 30.4 Å². The van der Waals surface area contributed by atoms with Crippen LogP contribution in [0.1, 0.15) is 45.6 Å². The molecule has 1 aromatic rings. The third-order valence-electron chi connectivity index (χ3n) is 4.67. The van der Waals surface area contributed by atoms with Gasteiger partial charge in [0.2, 0.25) is 0 Å². The van der Waals surface area contributed by atoms with Crippen LogP contribution < -0.4 is 0 Å². The fourth-order valence-corrected chi connectivity index (χ4v) is 2.98. The average Bonchev–Trinajstić information content (AvgIpc) is 2.61. The lowest BCUT2D eigenvalue weighted by atomic mass is 9.66. The van der Waals surface area contributed by atoms with Gasteiger partial charge in [0.05, 0.1) is 31.3 Å². The number of carbonyl (C=O) groups excluding carboxylic acids is 2. The van der Waals surface area contributed by atoms with Crippen LogP contribution in [0.15, 0.2) is 42.5 Å². The highest BCUT2D eigenvalue weighted by atomic mass is 16.5. The van der Waals surface area contributed by atoms with Crippen molar-refractivity contribution in [1.82, 2.24) is 0 Å². The van der Waals surface area contributed by atoms with Gasteiger partial charge in [0, 0.05) is 6.08 Å². The Morgan fingerprint density at radius 1 is 1.19 bits per heavy atom. The predicted octanol–water partition coefficient (Wildman–Crippen LogP) is 4.06. The van der Waals surface area contributed by atoms with Gasteiger partial charge in [-0.2, -0.15) is 0 Å². The second-order valence-corrected chi connectivity index (χ2v) is 7.39. The van der Waals surface area contributed by atoms with Crippen molar-refractivity contribution in [2.24, 2.45) is 11.3 Å². The molecular formula is C22H30O5. The molecule has 1 aromatic carbocycles. The Morgan fingerprint density at radius 2 is 1.89 bits per heavy atom. The number of esters is 2. The molecule has 0 aromatic heterocycles. The van der Waals surface area contributed by atoms with Gasteiger partial charge < -0.3 is 14.2 Å². The maximum Gasteiger partial charge on any atom is 0.330 e. The molecule has 0 spiro atoms. The van der Waals surface area contributed by atoms with Gasteiger partial charge in [0.1, 0.15) is 0 Å². The van der Waals surface area contributed by atoms with Crippen molar-refractivity contribution < 1.29 is 23.8 Å². The number of hydrogen-bond donors (Lipinski definition) is 0. The molecule has 0 N–H and O–H groups in total. The SMILES string of the molecule is CCOC(=O)C=CC1(C(=O)OCCC(C)C)CC(OCc2ccccc2)C1. The van der Waals surface area contributed by atoms with E-state index < -0.39 is 11.4 Å². The van der Waals surface area contributed by atoms with Crippen LogP contribution in [0.2, 0.25) is 0 Å². The highest BCUT2D eigenvalue weighted by Crippen LogP contribution is 2.45. The van der Waals surface area contributed by atoms with Crippen LogP contribution >= 0.6 is 0 Å². The van der Waals surface area contributed by atoms with Crippen molar-refractivity contribution in [3.05, 3.63) is 48.0 Å². The lowest BCUT2D eigenvalue weighted by molar-refractivity contribution is -0.168. The molecule has 0 unspecified atom stereocenters. The van der Waals surface area contributed by atoms with Gasteiger partial charge in [-0.1, -0.05) is 50.3 Å². The third kappa shape index (κ3) is 6.51. The topological polar surface area (TPSA) is 61.8 Å². The minimum atomic E-state index is -0.801. The molecule has 0 heterocycles. The normalized spacial score (nSPS) is 21.9. The summed E-state index contributed by atoms with van der Waals surface area (Å²) in [6, 6.07) is 9.92. The largest absolute Gasteiger partial charge is 0.465 e. The molecule has 0 aliphatic heterocycles. The Balaban J connectivity index is 1.93. The van der Waals surface area contributed by atoms with E-state index in [1.807, 2.05) is 30.3 Å². The molecule has 27 heavy (non-hydrogen) atoms. The van der Waals surface area contributed by atoms with Crippen molar-refractivity contribution in [3.63, 3.8) is 0 Å². The lowest BCUT2D eigenvalue weighted by Crippen LogP contribution is -2.47. The average molecular weight is 374 g/mol. The Kier molecular flexibility index (Phi) is 8.04. The third-order valence-corrected chi connectivity index (χ3v) is 4.67. The molecule has 5 heteroatoms. The Bertz CT molecular complexity index is 629. The van der Waals surface area contributed by atoms with Gasteiger partial charge in [-0.3, -0.25) is 4.79 Å². The molecule has 0 saturated heterocycles. The minimum absolute atomic E-state index is 0.0327. The van der Waals surface area contributed by atoms with Gasteiger partial charge >= 0.3 is 11.9 Å². The molecule has 1 fully saturated rings. The molecule has 0 atom stereocenters. The summed E-state index contributed by atoms with van der Waals surface area (Å²) in [5, 5.41) is 0. The Labute approximate surface area is 161 Å². The number of carbonyl (C=O) groups is 2. The first-order valence-electron chi connectivity index (χ1n) is 9.64. The monoisotopic (exact) mass is 374 g/mol. The van der Waals surface area contributed by atoms with E-state index in [0.717, 1.165) is 12.0 Å². The summed E-state index contributed by atoms with van der Waals surface area (Å²) in [5.74, 6) is -0.268. The standard InChI is InChI=1S/C22H30O5/c1-4-25-20(23)10-12-22(21(24)26-13-11-17(2)3)14-19(15-22)27-16-18-8-6-5-7-9-18/h5-10,12,17,19H,4,11,13-16H2,1-3H3. The van der Waals surface area contributed by atoms with E-state index in [0.29, 0.717) is 38.6 Å². The number of hydrogen-bond acceptors (Lipinski definition) is 5. The summed E-state index contributed by atoms with van der Waals surface area (Å²) in [6.45, 7) is 7.12. The highest BCUT2D eigenvalue weighted by Gasteiger charge is 2.50. The molecule has 1 aliphatic rings. The molecule has 0 amide bonds. The van der Waals surface area contributed by atoms with E-state index in [2.05, 4.69) is 13.8 Å². The summed E-state index contributed by atoms with van der Waals surface area (Å²) < 4.78 is 16.3. The Morgan fingerprint density at radius 3 is 2.52 bits per heavy atom. The van der Waals surface area contributed by atoms with E-state index in [-0.39, 0.29) is 12.1 Å². The van der Waals surface area contributed by atoms with Gasteiger partial charge in [-0.15, -0.1) is 0 Å². The number of ether oxygens (including phenoxy) is 3. The predicted molar refractivity (Wildman–Crippen MR) is 103 cm³/mol. The highest BCUT2D eigenvalue weighted by molar-refractivity contribution is 5.86. The van der Waals surface area contributed by atoms with Gasteiger partial charge in [0.25, 0.3) is 0 Å². The first-order valence-corrected chi connectivity index (χ1v) is 9.64. The molecule has 5 nitrogen and oxygen atoms in total. The lowest BCUT2D eigenvalue weighted by Gasteiger charge is -2.43. The fourth-order valence-electron chi connectivity index (χ4n) is 2.98. The fraction of sp³-hybridized carbons (Fsp3) is 0.545. The molecular weight excluding hydrogens is 344 g/mol. The quantitative estimate of drug-likeness (QED) is 0.456. The van der Waals surface area contributed by atoms with Crippen molar-refractivity contribution in [2.45, 2.75) is 52.7 Å². The van der Waals surface area contributed by atoms with Crippen molar-refractivity contribution in [2.75, 3.05) is 13.2 Å². The zero-order valence-corrected chi connectivity index (χ0v) is 16.5. The summed E-state index contributed by atoms with van der Waals surface area (Å²) in [5.41, 5.74) is 0.294. The van der Waals surface area contributed by atoms with Gasteiger partial charge in [-0.05, 0) is 37.7 Å². The summed E-state index contributed by atoms with van der Waals surface area (Å²) in [4.78, 5) is 24.3. The molecule has 2 rings (SSSR count). The zero-order chi connectivity index (χ0) is 19.7. The van der Waals surface area contributed by atoms with Crippen molar-refractivity contribution in [3.8, 4) is 0 Å². The van der Waals surface area contributed by atoms with E-state index in [1.54, 1.807) is 13.0 Å². The van der Waals surface area contributed by atoms with Crippen molar-refractivity contribution >= 4 is 11.9 Å². The van der Waals surface area contributed by atoms with Crippen LogP contribution in [0, 0.1) is 11.3 Å². The first kappa shape index (κ1) is 21.2. The van der Waals surface area contributed by atoms with Gasteiger partial charge in [0.15, 0.2) is 0 Å². The first-order chi connectivity index (χ1) is 12.9. The maximum absolute atomic E-state index is 12.6. The molecule has 0 radical (unpaired) electrons. The van der Waals surface area contributed by atoms with Gasteiger partial charge in [-0.25, -0.2) is 4.79 Å². The van der Waals surface area contributed by atoms with Crippen LogP contribution in [0.5, 0.6) is 0 Å². The second-order valence-electron chi connectivity index (χ2n) is 7.39. The number of benzene rings is 1. The Hall–Kier alpha value is -2.14. The van der Waals surface area contributed by atoms with Crippen LogP contribution in [0.3, 0.4) is 0 Å². The van der Waals surface area contributed by atoms with Crippen LogP contribution in [0.4, 0.5) is 0 Å². The maximum atomic E-state index is 12.6. The van der Waals surface area contributed by atoms with E-state index in [9.17, 15) is 9.59 Å².